The van der Waals surface area contributed by atoms with Gasteiger partial charge in [0, 0.05) is 27.7 Å². The Hall–Kier alpha value is -4.21. The Labute approximate surface area is 228 Å². The molecule has 0 saturated heterocycles. The van der Waals surface area contributed by atoms with Gasteiger partial charge in [0.1, 0.15) is 5.69 Å². The molecule has 0 atom stereocenters. The van der Waals surface area contributed by atoms with Crippen LogP contribution in [-0.4, -0.2) is 43.2 Å². The lowest BCUT2D eigenvalue weighted by Gasteiger charge is -2.13. The molecule has 0 bridgehead atoms. The van der Waals surface area contributed by atoms with Crippen LogP contribution in [0, 0.1) is 0 Å². The lowest BCUT2D eigenvalue weighted by Crippen LogP contribution is -2.40. The van der Waals surface area contributed by atoms with Crippen LogP contribution in [0.1, 0.15) is 16.1 Å². The van der Waals surface area contributed by atoms with Crippen molar-refractivity contribution < 1.29 is 23.9 Å². The number of halogens is 2. The van der Waals surface area contributed by atoms with Gasteiger partial charge < -0.3 is 20.1 Å². The normalized spacial score (nSPS) is 10.6. The van der Waals surface area contributed by atoms with Crippen molar-refractivity contribution in [2.24, 2.45) is 0 Å². The molecule has 3 amide bonds. The van der Waals surface area contributed by atoms with E-state index in [0.29, 0.717) is 44.6 Å². The van der Waals surface area contributed by atoms with Crippen LogP contribution in [0.4, 0.5) is 5.69 Å². The minimum atomic E-state index is -0.940. The van der Waals surface area contributed by atoms with Gasteiger partial charge in [0.2, 0.25) is 0 Å². The highest BCUT2D eigenvalue weighted by molar-refractivity contribution is 6.38. The second kappa shape index (κ2) is 11.9. The summed E-state index contributed by atoms with van der Waals surface area (Å²) in [6.45, 7) is 0.202. The first-order chi connectivity index (χ1) is 18.3. The molecule has 9 nitrogen and oxygen atoms in total. The highest BCUT2D eigenvalue weighted by atomic mass is 35.5. The summed E-state index contributed by atoms with van der Waals surface area (Å²) in [5.74, 6) is -1.14. The fourth-order valence-corrected chi connectivity index (χ4v) is 4.10. The lowest BCUT2D eigenvalue weighted by molar-refractivity contribution is -0.136. The van der Waals surface area contributed by atoms with Gasteiger partial charge in [0.15, 0.2) is 11.5 Å². The van der Waals surface area contributed by atoms with Crippen molar-refractivity contribution in [1.82, 2.24) is 9.99 Å². The molecule has 0 aliphatic carbocycles. The predicted octanol–water partition coefficient (Wildman–Crippen LogP) is 4.65. The molecule has 0 fully saturated rings. The monoisotopic (exact) mass is 554 g/mol. The van der Waals surface area contributed by atoms with Crippen molar-refractivity contribution in [3.05, 3.63) is 88.0 Å². The second-order valence-electron chi connectivity index (χ2n) is 8.17. The van der Waals surface area contributed by atoms with Crippen molar-refractivity contribution in [3.63, 3.8) is 0 Å². The van der Waals surface area contributed by atoms with Crippen molar-refractivity contribution in [2.75, 3.05) is 31.5 Å². The summed E-state index contributed by atoms with van der Waals surface area (Å²) in [6, 6.07) is 18.5. The van der Waals surface area contributed by atoms with E-state index in [1.54, 1.807) is 67.8 Å². The number of aromatic nitrogens is 1. The number of nitrogens with one attached hydrogen (secondary N) is 3. The number of anilines is 1. The van der Waals surface area contributed by atoms with E-state index in [2.05, 4.69) is 16.1 Å². The summed E-state index contributed by atoms with van der Waals surface area (Å²) < 4.78 is 11.8. The maximum Gasteiger partial charge on any atom is 0.328 e. The summed E-state index contributed by atoms with van der Waals surface area (Å²) in [5, 5.41) is 6.93. The van der Waals surface area contributed by atoms with Gasteiger partial charge in [-0.1, -0.05) is 29.3 Å². The number of methoxy groups -OCH3 is 2. The highest BCUT2D eigenvalue weighted by Gasteiger charge is 2.21. The summed E-state index contributed by atoms with van der Waals surface area (Å²) in [6.07, 6.45) is 0.457. The Morgan fingerprint density at radius 2 is 1.53 bits per heavy atom. The number of hydrogen-bond acceptors (Lipinski definition) is 5. The minimum absolute atomic E-state index is 0.101. The minimum Gasteiger partial charge on any atom is -0.493 e. The average Bonchev–Trinajstić information content (AvgIpc) is 3.26. The van der Waals surface area contributed by atoms with Crippen LogP contribution >= 0.6 is 23.2 Å². The molecular weight excluding hydrogens is 531 g/mol. The SMILES string of the molecule is COc1ccc(CCNC(=O)C(=O)Nn2c(C(=O)Nc3ccc(Cl)cc3)cc3cc(Cl)ccc32)cc1OC. The second-order valence-corrected chi connectivity index (χ2v) is 9.04. The van der Waals surface area contributed by atoms with E-state index in [1.165, 1.54) is 11.8 Å². The van der Waals surface area contributed by atoms with Gasteiger partial charge in [0.05, 0.1) is 19.7 Å². The lowest BCUT2D eigenvalue weighted by atomic mass is 10.1. The Morgan fingerprint density at radius 1 is 0.816 bits per heavy atom. The fourth-order valence-electron chi connectivity index (χ4n) is 3.79. The molecular formula is C27H24Cl2N4O5. The first-order valence-electron chi connectivity index (χ1n) is 11.5. The molecule has 0 saturated carbocycles. The van der Waals surface area contributed by atoms with Crippen LogP contribution in [0.15, 0.2) is 66.7 Å². The summed E-state index contributed by atoms with van der Waals surface area (Å²) in [5.41, 5.74) is 4.50. The molecule has 3 aromatic carbocycles. The quantitative estimate of drug-likeness (QED) is 0.274. The van der Waals surface area contributed by atoms with E-state index in [-0.39, 0.29) is 12.2 Å². The van der Waals surface area contributed by atoms with Crippen molar-refractivity contribution in [2.45, 2.75) is 6.42 Å². The van der Waals surface area contributed by atoms with E-state index >= 15 is 0 Å². The van der Waals surface area contributed by atoms with Crippen LogP contribution in [0.25, 0.3) is 10.9 Å². The maximum atomic E-state index is 13.1. The van der Waals surface area contributed by atoms with Gasteiger partial charge in [0.25, 0.3) is 5.91 Å². The van der Waals surface area contributed by atoms with Crippen LogP contribution in [0.2, 0.25) is 10.0 Å². The number of ether oxygens (including phenoxy) is 2. The predicted molar refractivity (Wildman–Crippen MR) is 147 cm³/mol. The molecule has 0 aliphatic rings. The molecule has 196 valence electrons. The number of nitrogens with zero attached hydrogens (tertiary/aromatic N) is 1. The zero-order valence-electron chi connectivity index (χ0n) is 20.5. The Kier molecular flexibility index (Phi) is 8.40. The first-order valence-corrected chi connectivity index (χ1v) is 12.2. The Balaban J connectivity index is 1.47. The van der Waals surface area contributed by atoms with Crippen LogP contribution < -0.4 is 25.5 Å². The summed E-state index contributed by atoms with van der Waals surface area (Å²) in [7, 11) is 3.09. The van der Waals surface area contributed by atoms with Crippen LogP contribution in [0.3, 0.4) is 0 Å². The molecule has 11 heteroatoms. The maximum absolute atomic E-state index is 13.1. The van der Waals surface area contributed by atoms with E-state index < -0.39 is 17.7 Å². The third-order valence-electron chi connectivity index (χ3n) is 5.67. The van der Waals surface area contributed by atoms with E-state index in [0.717, 1.165) is 5.56 Å². The van der Waals surface area contributed by atoms with E-state index in [1.807, 2.05) is 6.07 Å². The van der Waals surface area contributed by atoms with Gasteiger partial charge in [-0.25, -0.2) is 4.68 Å². The molecule has 1 aromatic heterocycles. The number of hydrogen-bond donors (Lipinski definition) is 3. The van der Waals surface area contributed by atoms with Gasteiger partial charge in [-0.2, -0.15) is 0 Å². The number of rotatable bonds is 8. The largest absolute Gasteiger partial charge is 0.493 e. The van der Waals surface area contributed by atoms with Gasteiger partial charge >= 0.3 is 11.8 Å². The number of carbonyl (C=O) groups excluding carboxylic acids is 3. The number of fused-ring (bicyclic) bond motifs is 1. The van der Waals surface area contributed by atoms with Crippen LogP contribution in [-0.2, 0) is 16.0 Å². The first kappa shape index (κ1) is 26.8. The summed E-state index contributed by atoms with van der Waals surface area (Å²) >= 11 is 12.0. The zero-order chi connectivity index (χ0) is 27.2. The number of benzene rings is 3. The summed E-state index contributed by atoms with van der Waals surface area (Å²) in [4.78, 5) is 38.4. The van der Waals surface area contributed by atoms with Gasteiger partial charge in [-0.05, 0) is 72.6 Å². The van der Waals surface area contributed by atoms with Crippen molar-refractivity contribution in [1.29, 1.82) is 0 Å². The van der Waals surface area contributed by atoms with E-state index in [9.17, 15) is 14.4 Å². The molecule has 0 unspecified atom stereocenters. The molecule has 4 rings (SSSR count). The molecule has 38 heavy (non-hydrogen) atoms. The zero-order valence-corrected chi connectivity index (χ0v) is 22.0. The fraction of sp³-hybridized carbons (Fsp3) is 0.148. The molecule has 4 aromatic rings. The standard InChI is InChI=1S/C27H24Cl2N4O5/c1-37-23-10-3-16(13-24(23)38-2)11-12-30-26(35)27(36)32-33-21-9-6-19(29)14-17(21)15-22(33)25(34)31-20-7-4-18(28)5-8-20/h3-10,13-15H,11-12H2,1-2H3,(H,30,35)(H,31,34)(H,32,36). The third kappa shape index (κ3) is 6.19. The van der Waals surface area contributed by atoms with E-state index in [4.69, 9.17) is 32.7 Å². The topological polar surface area (TPSA) is 111 Å². The van der Waals surface area contributed by atoms with Crippen molar-refractivity contribution in [3.8, 4) is 11.5 Å². The molecule has 0 radical (unpaired) electrons. The van der Waals surface area contributed by atoms with Gasteiger partial charge in [-0.15, -0.1) is 0 Å². The number of amides is 3. The Morgan fingerprint density at radius 3 is 2.24 bits per heavy atom. The Bertz CT molecular complexity index is 1500. The molecule has 0 aliphatic heterocycles. The third-order valence-corrected chi connectivity index (χ3v) is 6.15. The van der Waals surface area contributed by atoms with Crippen molar-refractivity contribution >= 4 is 57.5 Å². The average molecular weight is 555 g/mol. The molecule has 0 spiro atoms. The smallest absolute Gasteiger partial charge is 0.328 e. The molecule has 3 N–H and O–H groups in total. The van der Waals surface area contributed by atoms with Crippen LogP contribution in [0.5, 0.6) is 11.5 Å². The highest BCUT2D eigenvalue weighted by Crippen LogP contribution is 2.27. The number of carbonyl (C=O) groups is 3. The molecule has 1 heterocycles. The van der Waals surface area contributed by atoms with Gasteiger partial charge in [-0.3, -0.25) is 19.8 Å².